The lowest BCUT2D eigenvalue weighted by molar-refractivity contribution is 0.212. The Bertz CT molecular complexity index is 436. The molecule has 1 heterocycles. The number of H-pyrrole nitrogens is 1. The van der Waals surface area contributed by atoms with Crippen LogP contribution in [0.2, 0.25) is 0 Å². The highest BCUT2D eigenvalue weighted by molar-refractivity contribution is 5.09. The van der Waals surface area contributed by atoms with Crippen LogP contribution in [0, 0.1) is 0 Å². The first-order valence-corrected chi connectivity index (χ1v) is 6.13. The van der Waals surface area contributed by atoms with Crippen LogP contribution < -0.4 is 16.0 Å². The van der Waals surface area contributed by atoms with Gasteiger partial charge in [-0.15, -0.1) is 0 Å². The van der Waals surface area contributed by atoms with Gasteiger partial charge in [0.1, 0.15) is 12.4 Å². The minimum absolute atomic E-state index is 0.177. The molecule has 1 saturated carbocycles. The summed E-state index contributed by atoms with van der Waals surface area (Å²) in [5.41, 5.74) is 5.76. The molecule has 1 aromatic rings. The summed E-state index contributed by atoms with van der Waals surface area (Å²) in [5.74, 6) is 1.02. The summed E-state index contributed by atoms with van der Waals surface area (Å²) in [7, 11) is 0. The normalized spacial score (nSPS) is 18.2. The molecule has 1 aromatic heterocycles. The molecule has 94 valence electrons. The summed E-state index contributed by atoms with van der Waals surface area (Å²) in [6.07, 6.45) is 4.96. The lowest BCUT2D eigenvalue weighted by atomic mass is 10.0. The van der Waals surface area contributed by atoms with Gasteiger partial charge in [0.05, 0.1) is 11.6 Å². The maximum atomic E-state index is 11.3. The second-order valence-corrected chi connectivity index (χ2v) is 4.74. The molecule has 1 aliphatic rings. The average molecular weight is 237 g/mol. The summed E-state index contributed by atoms with van der Waals surface area (Å²) >= 11 is 0. The van der Waals surface area contributed by atoms with Crippen molar-refractivity contribution in [2.75, 3.05) is 6.61 Å². The summed E-state index contributed by atoms with van der Waals surface area (Å²) < 4.78 is 5.56. The van der Waals surface area contributed by atoms with E-state index in [0.717, 1.165) is 25.7 Å². The molecule has 0 bridgehead atoms. The smallest absolute Gasteiger partial charge is 0.254 e. The van der Waals surface area contributed by atoms with Crippen LogP contribution in [0.5, 0.6) is 5.88 Å². The lowest BCUT2D eigenvalue weighted by Crippen LogP contribution is -2.42. The molecule has 0 amide bonds. The minimum atomic E-state index is -0.239. The van der Waals surface area contributed by atoms with Gasteiger partial charge in [-0.25, -0.2) is 4.98 Å². The number of hydrogen-bond donors (Lipinski definition) is 2. The number of nitrogens with one attached hydrogen (secondary N) is 1. The Labute approximate surface area is 100 Å². The summed E-state index contributed by atoms with van der Waals surface area (Å²) in [5, 5.41) is 0. The second-order valence-electron chi connectivity index (χ2n) is 4.74. The third kappa shape index (κ3) is 3.06. The fourth-order valence-corrected chi connectivity index (χ4v) is 2.17. The predicted octanol–water partition coefficient (Wildman–Crippen LogP) is 0.983. The van der Waals surface area contributed by atoms with E-state index in [1.807, 2.05) is 6.92 Å². The Balaban J connectivity index is 2.03. The first-order valence-electron chi connectivity index (χ1n) is 6.13. The monoisotopic (exact) mass is 237 g/mol. The van der Waals surface area contributed by atoms with Crippen molar-refractivity contribution in [1.29, 1.82) is 0 Å². The molecule has 0 saturated heterocycles. The molecule has 0 spiro atoms. The van der Waals surface area contributed by atoms with E-state index < -0.39 is 0 Å². The predicted molar refractivity (Wildman–Crippen MR) is 65.1 cm³/mol. The first-order chi connectivity index (χ1) is 8.11. The Morgan fingerprint density at radius 3 is 2.88 bits per heavy atom. The van der Waals surface area contributed by atoms with Gasteiger partial charge in [-0.05, 0) is 12.8 Å². The van der Waals surface area contributed by atoms with Crippen molar-refractivity contribution in [3.05, 3.63) is 22.2 Å². The Kier molecular flexibility index (Phi) is 3.47. The van der Waals surface area contributed by atoms with Crippen LogP contribution in [0.3, 0.4) is 0 Å². The molecule has 0 aromatic carbocycles. The van der Waals surface area contributed by atoms with E-state index in [-0.39, 0.29) is 11.1 Å². The van der Waals surface area contributed by atoms with Crippen LogP contribution in [0.4, 0.5) is 0 Å². The van der Waals surface area contributed by atoms with Crippen molar-refractivity contribution in [2.24, 2.45) is 5.73 Å². The van der Waals surface area contributed by atoms with Crippen LogP contribution in [-0.4, -0.2) is 22.1 Å². The van der Waals surface area contributed by atoms with Crippen LogP contribution in [0.25, 0.3) is 0 Å². The Morgan fingerprint density at radius 1 is 1.53 bits per heavy atom. The van der Waals surface area contributed by atoms with Crippen molar-refractivity contribution in [2.45, 2.75) is 44.6 Å². The molecule has 5 nitrogen and oxygen atoms in total. The molecule has 2 rings (SSSR count). The molecule has 3 N–H and O–H groups in total. The summed E-state index contributed by atoms with van der Waals surface area (Å²) in [6, 6.07) is 1.37. The van der Waals surface area contributed by atoms with E-state index in [4.69, 9.17) is 10.5 Å². The summed E-state index contributed by atoms with van der Waals surface area (Å²) in [4.78, 5) is 18.2. The molecule has 5 heteroatoms. The summed E-state index contributed by atoms with van der Waals surface area (Å²) in [6.45, 7) is 2.37. The minimum Gasteiger partial charge on any atom is -0.476 e. The maximum absolute atomic E-state index is 11.3. The van der Waals surface area contributed by atoms with Crippen molar-refractivity contribution in [3.63, 3.8) is 0 Å². The van der Waals surface area contributed by atoms with Crippen LogP contribution in [-0.2, 0) is 6.42 Å². The molecule has 1 aliphatic carbocycles. The topological polar surface area (TPSA) is 81.0 Å². The quantitative estimate of drug-likeness (QED) is 0.818. The zero-order valence-electron chi connectivity index (χ0n) is 10.2. The molecule has 0 aliphatic heterocycles. The number of hydrogen-bond acceptors (Lipinski definition) is 4. The molecule has 0 unspecified atom stereocenters. The van der Waals surface area contributed by atoms with Gasteiger partial charge in [-0.1, -0.05) is 19.8 Å². The van der Waals surface area contributed by atoms with Gasteiger partial charge < -0.3 is 15.5 Å². The fraction of sp³-hybridized carbons (Fsp3) is 0.667. The van der Waals surface area contributed by atoms with Gasteiger partial charge in [0.25, 0.3) is 5.56 Å². The van der Waals surface area contributed by atoms with Gasteiger partial charge in [-0.3, -0.25) is 4.79 Å². The van der Waals surface area contributed by atoms with Crippen LogP contribution in [0.15, 0.2) is 10.9 Å². The Morgan fingerprint density at radius 2 is 2.24 bits per heavy atom. The van der Waals surface area contributed by atoms with E-state index in [9.17, 15) is 4.79 Å². The van der Waals surface area contributed by atoms with Crippen LogP contribution >= 0.6 is 0 Å². The van der Waals surface area contributed by atoms with Crippen molar-refractivity contribution < 1.29 is 4.74 Å². The van der Waals surface area contributed by atoms with E-state index in [1.165, 1.54) is 6.07 Å². The third-order valence-corrected chi connectivity index (χ3v) is 3.21. The fourth-order valence-electron chi connectivity index (χ4n) is 2.17. The number of nitrogens with two attached hydrogens (primary N) is 1. The average Bonchev–Trinajstić information content (AvgIpc) is 2.73. The van der Waals surface area contributed by atoms with Gasteiger partial charge in [0.15, 0.2) is 0 Å². The SMILES string of the molecule is CCc1nc(OCC2(N)CCCC2)cc(=O)[nH]1. The van der Waals surface area contributed by atoms with E-state index in [2.05, 4.69) is 9.97 Å². The number of rotatable bonds is 4. The molecule has 1 fully saturated rings. The molecule has 0 atom stereocenters. The highest BCUT2D eigenvalue weighted by Crippen LogP contribution is 2.27. The van der Waals surface area contributed by atoms with E-state index >= 15 is 0 Å². The molecular formula is C12H19N3O2. The zero-order valence-corrected chi connectivity index (χ0v) is 10.2. The van der Waals surface area contributed by atoms with Crippen molar-refractivity contribution in [3.8, 4) is 5.88 Å². The number of nitrogens with zero attached hydrogens (tertiary/aromatic N) is 1. The van der Waals surface area contributed by atoms with E-state index in [0.29, 0.717) is 24.7 Å². The van der Waals surface area contributed by atoms with Gasteiger partial charge in [0, 0.05) is 6.42 Å². The second kappa shape index (κ2) is 4.87. The van der Waals surface area contributed by atoms with Crippen LogP contribution in [0.1, 0.15) is 38.4 Å². The number of aryl methyl sites for hydroxylation is 1. The highest BCUT2D eigenvalue weighted by Gasteiger charge is 2.30. The third-order valence-electron chi connectivity index (χ3n) is 3.21. The number of aromatic nitrogens is 2. The first kappa shape index (κ1) is 12.1. The maximum Gasteiger partial charge on any atom is 0.254 e. The van der Waals surface area contributed by atoms with Crippen molar-refractivity contribution >= 4 is 0 Å². The largest absolute Gasteiger partial charge is 0.476 e. The molecular weight excluding hydrogens is 218 g/mol. The van der Waals surface area contributed by atoms with Gasteiger partial charge in [-0.2, -0.15) is 0 Å². The molecule has 17 heavy (non-hydrogen) atoms. The number of ether oxygens (including phenoxy) is 1. The standard InChI is InChI=1S/C12H19N3O2/c1-2-9-14-10(16)7-11(15-9)17-8-12(13)5-3-4-6-12/h7H,2-6,8,13H2,1H3,(H,14,15,16). The van der Waals surface area contributed by atoms with Gasteiger partial charge >= 0.3 is 0 Å². The highest BCUT2D eigenvalue weighted by atomic mass is 16.5. The zero-order chi connectivity index (χ0) is 12.3. The van der Waals surface area contributed by atoms with Gasteiger partial charge in [0.2, 0.25) is 5.88 Å². The molecule has 0 radical (unpaired) electrons. The van der Waals surface area contributed by atoms with E-state index in [1.54, 1.807) is 0 Å². The lowest BCUT2D eigenvalue weighted by Gasteiger charge is -2.23. The number of aromatic amines is 1. The van der Waals surface area contributed by atoms with Crippen molar-refractivity contribution in [1.82, 2.24) is 9.97 Å². The Hall–Kier alpha value is -1.36.